The first-order chi connectivity index (χ1) is 16.0. The van der Waals surface area contributed by atoms with Gasteiger partial charge in [-0.15, -0.1) is 0 Å². The van der Waals surface area contributed by atoms with Crippen molar-refractivity contribution in [1.82, 2.24) is 9.55 Å². The van der Waals surface area contributed by atoms with Gasteiger partial charge in [-0.25, -0.2) is 0 Å². The summed E-state index contributed by atoms with van der Waals surface area (Å²) in [5.41, 5.74) is 3.54. The number of nitrogens with one attached hydrogen (secondary N) is 1. The van der Waals surface area contributed by atoms with E-state index in [9.17, 15) is 14.4 Å². The van der Waals surface area contributed by atoms with Gasteiger partial charge in [-0.3, -0.25) is 19.4 Å². The zero-order valence-corrected chi connectivity index (χ0v) is 18.4. The fraction of sp³-hybridized carbons (Fsp3) is 0.154. The minimum atomic E-state index is -0.553. The third-order valence-electron chi connectivity index (χ3n) is 5.44. The normalized spacial score (nSPS) is 10.7. The molecule has 1 N–H and O–H groups in total. The van der Waals surface area contributed by atoms with Crippen LogP contribution in [0.1, 0.15) is 22.8 Å². The van der Waals surface area contributed by atoms with Crippen LogP contribution in [0.25, 0.3) is 21.9 Å². The zero-order valence-electron chi connectivity index (χ0n) is 18.4. The van der Waals surface area contributed by atoms with Crippen LogP contribution in [0.3, 0.4) is 0 Å². The van der Waals surface area contributed by atoms with Gasteiger partial charge >= 0.3 is 5.97 Å². The Morgan fingerprint density at radius 3 is 2.70 bits per heavy atom. The van der Waals surface area contributed by atoms with E-state index in [1.165, 1.54) is 35.6 Å². The first-order valence-corrected chi connectivity index (χ1v) is 10.5. The number of esters is 1. The lowest BCUT2D eigenvalue weighted by Crippen LogP contribution is -2.24. The van der Waals surface area contributed by atoms with Crippen LogP contribution in [0.5, 0.6) is 0 Å². The minimum absolute atomic E-state index is 0.234. The number of pyridine rings is 2. The number of ether oxygens (including phenoxy) is 1. The van der Waals surface area contributed by atoms with Crippen LogP contribution in [-0.2, 0) is 22.5 Å². The Bertz CT molecular complexity index is 1410. The predicted molar refractivity (Wildman–Crippen MR) is 127 cm³/mol. The number of benzene rings is 2. The molecule has 2 aromatic carbocycles. The largest absolute Gasteiger partial charge is 0.468 e. The molecule has 0 radical (unpaired) electrons. The number of aromatic nitrogens is 2. The second-order valence-corrected chi connectivity index (χ2v) is 7.59. The third kappa shape index (κ3) is 4.82. The Hall–Kier alpha value is -4.26. The standard InChI is InChI=1S/C26H23N3O4/c1-3-17-7-9-22-20(11-17)13-27-14-23(22)18-5-4-6-19(12-18)26(32)28-21-8-10-24(30)29(15-21)16-25(31)33-2/h4-15H,3,16H2,1-2H3,(H,28,32). The van der Waals surface area contributed by atoms with E-state index in [1.54, 1.807) is 12.3 Å². The van der Waals surface area contributed by atoms with Gasteiger partial charge in [-0.2, -0.15) is 0 Å². The molecule has 2 aromatic heterocycles. The van der Waals surface area contributed by atoms with Gasteiger partial charge in [0.05, 0.1) is 12.8 Å². The van der Waals surface area contributed by atoms with E-state index >= 15 is 0 Å². The highest BCUT2D eigenvalue weighted by Gasteiger charge is 2.12. The highest BCUT2D eigenvalue weighted by molar-refractivity contribution is 6.05. The van der Waals surface area contributed by atoms with Crippen LogP contribution in [0.4, 0.5) is 5.69 Å². The van der Waals surface area contributed by atoms with Crippen LogP contribution in [0.2, 0.25) is 0 Å². The van der Waals surface area contributed by atoms with Gasteiger partial charge in [0.25, 0.3) is 11.5 Å². The molecule has 2 heterocycles. The summed E-state index contributed by atoms with van der Waals surface area (Å²) in [5, 5.41) is 4.90. The van der Waals surface area contributed by atoms with Crippen molar-refractivity contribution in [2.45, 2.75) is 19.9 Å². The quantitative estimate of drug-likeness (QED) is 0.456. The van der Waals surface area contributed by atoms with Gasteiger partial charge in [0, 0.05) is 41.2 Å². The van der Waals surface area contributed by atoms with Gasteiger partial charge in [0.2, 0.25) is 0 Å². The lowest BCUT2D eigenvalue weighted by molar-refractivity contribution is -0.141. The van der Waals surface area contributed by atoms with Crippen LogP contribution in [0, 0.1) is 0 Å². The number of carbonyl (C=O) groups is 2. The number of aryl methyl sites for hydroxylation is 1. The third-order valence-corrected chi connectivity index (χ3v) is 5.44. The monoisotopic (exact) mass is 441 g/mol. The second-order valence-electron chi connectivity index (χ2n) is 7.59. The molecule has 0 bridgehead atoms. The number of methoxy groups -OCH3 is 1. The molecule has 166 valence electrons. The Labute approximate surface area is 190 Å². The molecule has 4 aromatic rings. The lowest BCUT2D eigenvalue weighted by Gasteiger charge is -2.11. The summed E-state index contributed by atoms with van der Waals surface area (Å²) in [6.07, 6.45) is 6.01. The van der Waals surface area contributed by atoms with E-state index in [4.69, 9.17) is 0 Å². The van der Waals surface area contributed by atoms with Crippen molar-refractivity contribution in [1.29, 1.82) is 0 Å². The van der Waals surface area contributed by atoms with Crippen molar-refractivity contribution in [3.05, 3.63) is 94.7 Å². The number of hydrogen-bond donors (Lipinski definition) is 1. The van der Waals surface area contributed by atoms with Gasteiger partial charge in [0.15, 0.2) is 0 Å². The van der Waals surface area contributed by atoms with Crippen molar-refractivity contribution < 1.29 is 14.3 Å². The maximum Gasteiger partial charge on any atom is 0.325 e. The van der Waals surface area contributed by atoms with Crippen LogP contribution in [-0.4, -0.2) is 28.5 Å². The molecule has 0 aliphatic rings. The van der Waals surface area contributed by atoms with Crippen molar-refractivity contribution in [3.8, 4) is 11.1 Å². The van der Waals surface area contributed by atoms with E-state index in [2.05, 4.69) is 40.2 Å². The summed E-state index contributed by atoms with van der Waals surface area (Å²) in [6, 6.07) is 16.4. The molecule has 0 unspecified atom stereocenters. The summed E-state index contributed by atoms with van der Waals surface area (Å²) >= 11 is 0. The van der Waals surface area contributed by atoms with Gasteiger partial charge in [-0.05, 0) is 47.2 Å². The Morgan fingerprint density at radius 2 is 1.91 bits per heavy atom. The molecule has 0 atom stereocenters. The molecule has 7 nitrogen and oxygen atoms in total. The molecular weight excluding hydrogens is 418 g/mol. The van der Waals surface area contributed by atoms with Crippen LogP contribution < -0.4 is 10.9 Å². The average Bonchev–Trinajstić information content (AvgIpc) is 2.85. The minimum Gasteiger partial charge on any atom is -0.468 e. The van der Waals surface area contributed by atoms with E-state index in [1.807, 2.05) is 24.4 Å². The van der Waals surface area contributed by atoms with Crippen molar-refractivity contribution >= 4 is 28.3 Å². The first-order valence-electron chi connectivity index (χ1n) is 10.5. The fourth-order valence-corrected chi connectivity index (χ4v) is 3.64. The molecule has 0 spiro atoms. The first kappa shape index (κ1) is 22.0. The second kappa shape index (κ2) is 9.48. The van der Waals surface area contributed by atoms with Crippen LogP contribution in [0.15, 0.2) is 78.0 Å². The van der Waals surface area contributed by atoms with Crippen molar-refractivity contribution in [3.63, 3.8) is 0 Å². The van der Waals surface area contributed by atoms with Gasteiger partial charge in [0.1, 0.15) is 6.54 Å². The molecule has 1 amide bonds. The summed E-state index contributed by atoms with van der Waals surface area (Å²) in [5.74, 6) is -0.885. The number of anilines is 1. The van der Waals surface area contributed by atoms with Crippen molar-refractivity contribution in [2.24, 2.45) is 0 Å². The molecule has 7 heteroatoms. The SMILES string of the molecule is CCc1ccc2c(-c3cccc(C(=O)Nc4ccc(=O)n(CC(=O)OC)c4)c3)cncc2c1. The molecule has 4 rings (SSSR count). The number of amides is 1. The highest BCUT2D eigenvalue weighted by atomic mass is 16.5. The average molecular weight is 441 g/mol. The topological polar surface area (TPSA) is 90.3 Å². The molecule has 33 heavy (non-hydrogen) atoms. The number of hydrogen-bond acceptors (Lipinski definition) is 5. The van der Waals surface area contributed by atoms with E-state index < -0.39 is 5.97 Å². The summed E-state index contributed by atoms with van der Waals surface area (Å²) < 4.78 is 5.79. The van der Waals surface area contributed by atoms with E-state index in [0.29, 0.717) is 11.3 Å². The maximum atomic E-state index is 12.9. The summed E-state index contributed by atoms with van der Waals surface area (Å²) in [6.45, 7) is 1.88. The molecule has 0 aliphatic carbocycles. The highest BCUT2D eigenvalue weighted by Crippen LogP contribution is 2.29. The fourth-order valence-electron chi connectivity index (χ4n) is 3.64. The Morgan fingerprint density at radius 1 is 1.06 bits per heavy atom. The number of nitrogens with zero attached hydrogens (tertiary/aromatic N) is 2. The summed E-state index contributed by atoms with van der Waals surface area (Å²) in [7, 11) is 1.25. The zero-order chi connectivity index (χ0) is 23.4. The van der Waals surface area contributed by atoms with Crippen LogP contribution >= 0.6 is 0 Å². The Balaban J connectivity index is 1.62. The molecule has 0 saturated carbocycles. The molecule has 0 saturated heterocycles. The van der Waals surface area contributed by atoms with E-state index in [0.717, 1.165) is 28.3 Å². The van der Waals surface area contributed by atoms with E-state index in [-0.39, 0.29) is 18.0 Å². The number of rotatable bonds is 6. The Kier molecular flexibility index (Phi) is 6.31. The van der Waals surface area contributed by atoms with Crippen molar-refractivity contribution in [2.75, 3.05) is 12.4 Å². The maximum absolute atomic E-state index is 12.9. The predicted octanol–water partition coefficient (Wildman–Crippen LogP) is 4.05. The van der Waals surface area contributed by atoms with Gasteiger partial charge < -0.3 is 14.6 Å². The molecule has 0 aliphatic heterocycles. The molecule has 0 fully saturated rings. The van der Waals surface area contributed by atoms with Gasteiger partial charge in [-0.1, -0.05) is 31.2 Å². The molecular formula is C26H23N3O4. The summed E-state index contributed by atoms with van der Waals surface area (Å²) in [4.78, 5) is 40.8. The number of carbonyl (C=O) groups excluding carboxylic acids is 2. The number of fused-ring (bicyclic) bond motifs is 1. The lowest BCUT2D eigenvalue weighted by atomic mass is 9.97. The smallest absolute Gasteiger partial charge is 0.325 e.